The Kier molecular flexibility index (Phi) is 12.3. The Hall–Kier alpha value is -2.49. The van der Waals surface area contributed by atoms with Crippen molar-refractivity contribution in [1.29, 1.82) is 0 Å². The maximum atomic E-state index is 12.5. The maximum absolute atomic E-state index is 12.5. The van der Waals surface area contributed by atoms with Crippen LogP contribution in [-0.2, 0) is 11.3 Å². The van der Waals surface area contributed by atoms with Gasteiger partial charge in [0.05, 0.1) is 20.2 Å². The van der Waals surface area contributed by atoms with Crippen LogP contribution in [0.1, 0.15) is 12.5 Å². The number of ether oxygens (including phenoxy) is 2. The lowest BCUT2D eigenvalue weighted by atomic mass is 10.2. The Morgan fingerprint density at radius 2 is 1.70 bits per heavy atom. The lowest BCUT2D eigenvalue weighted by molar-refractivity contribution is -0.130. The van der Waals surface area contributed by atoms with E-state index in [0.717, 1.165) is 17.1 Å². The molecule has 0 fully saturated rings. The van der Waals surface area contributed by atoms with E-state index in [2.05, 4.69) is 15.6 Å². The number of hydrogen-bond acceptors (Lipinski definition) is 4. The van der Waals surface area contributed by atoms with Crippen LogP contribution in [0.2, 0.25) is 0 Å². The van der Waals surface area contributed by atoms with Crippen LogP contribution >= 0.6 is 24.0 Å². The molecule has 0 saturated carbocycles. The van der Waals surface area contributed by atoms with Crippen molar-refractivity contribution in [3.8, 4) is 11.5 Å². The number of likely N-dealkylation sites (N-methyl/N-ethyl adjacent to an activating group) is 1. The Labute approximate surface area is 195 Å². The number of benzene rings is 2. The SMILES string of the molecule is CCN(Cc1ccccc1)C(=O)CNC(=NC)NCCOc1ccc(OC)cc1.I. The molecular weight excluding hydrogens is 495 g/mol. The summed E-state index contributed by atoms with van der Waals surface area (Å²) in [5.41, 5.74) is 1.11. The maximum Gasteiger partial charge on any atom is 0.242 e. The second-order valence-corrected chi connectivity index (χ2v) is 6.27. The van der Waals surface area contributed by atoms with Gasteiger partial charge >= 0.3 is 0 Å². The highest BCUT2D eigenvalue weighted by Crippen LogP contribution is 2.16. The first kappa shape index (κ1) is 25.5. The molecule has 0 bridgehead atoms. The van der Waals surface area contributed by atoms with Gasteiger partial charge in [0, 0.05) is 20.1 Å². The highest BCUT2D eigenvalue weighted by molar-refractivity contribution is 14.0. The van der Waals surface area contributed by atoms with Gasteiger partial charge in [0.2, 0.25) is 5.91 Å². The fourth-order valence-corrected chi connectivity index (χ4v) is 2.68. The minimum Gasteiger partial charge on any atom is -0.497 e. The molecule has 0 aliphatic heterocycles. The molecule has 0 unspecified atom stereocenters. The lowest BCUT2D eigenvalue weighted by Gasteiger charge is -2.22. The largest absolute Gasteiger partial charge is 0.497 e. The zero-order valence-corrected chi connectivity index (χ0v) is 20.1. The minimum atomic E-state index is 0. The van der Waals surface area contributed by atoms with E-state index in [0.29, 0.717) is 32.2 Å². The smallest absolute Gasteiger partial charge is 0.242 e. The fourth-order valence-electron chi connectivity index (χ4n) is 2.68. The van der Waals surface area contributed by atoms with Gasteiger partial charge in [0.25, 0.3) is 0 Å². The Balaban J connectivity index is 0.00000450. The van der Waals surface area contributed by atoms with E-state index in [1.54, 1.807) is 14.2 Å². The third kappa shape index (κ3) is 8.89. The number of carbonyl (C=O) groups is 1. The third-order valence-electron chi connectivity index (χ3n) is 4.30. The molecule has 2 aromatic rings. The van der Waals surface area contributed by atoms with Crippen LogP contribution < -0.4 is 20.1 Å². The number of nitrogens with one attached hydrogen (secondary N) is 2. The predicted octanol–water partition coefficient (Wildman–Crippen LogP) is 2.91. The standard InChI is InChI=1S/C22H30N4O3.HI/c1-4-26(17-18-8-6-5-7-9-18)21(27)16-25-22(23-2)24-14-15-29-20-12-10-19(28-3)11-13-20;/h5-13H,4,14-17H2,1-3H3,(H2,23,24,25);1H. The van der Waals surface area contributed by atoms with Crippen LogP contribution in [0.5, 0.6) is 11.5 Å². The van der Waals surface area contributed by atoms with E-state index in [-0.39, 0.29) is 36.4 Å². The molecule has 0 atom stereocenters. The monoisotopic (exact) mass is 526 g/mol. The van der Waals surface area contributed by atoms with Crippen molar-refractivity contribution < 1.29 is 14.3 Å². The minimum absolute atomic E-state index is 0. The summed E-state index contributed by atoms with van der Waals surface area (Å²) in [5.74, 6) is 2.14. The van der Waals surface area contributed by atoms with Crippen molar-refractivity contribution in [3.63, 3.8) is 0 Å². The lowest BCUT2D eigenvalue weighted by Crippen LogP contribution is -2.45. The Bertz CT molecular complexity index is 770. The molecule has 0 aliphatic carbocycles. The summed E-state index contributed by atoms with van der Waals surface area (Å²) >= 11 is 0. The first-order valence-corrected chi connectivity index (χ1v) is 9.69. The molecule has 164 valence electrons. The van der Waals surface area contributed by atoms with E-state index in [1.807, 2.05) is 66.4 Å². The molecule has 0 saturated heterocycles. The van der Waals surface area contributed by atoms with Crippen molar-refractivity contribution in [2.45, 2.75) is 13.5 Å². The summed E-state index contributed by atoms with van der Waals surface area (Å²) in [5, 5.41) is 6.20. The molecule has 2 rings (SSSR count). The second-order valence-electron chi connectivity index (χ2n) is 6.27. The molecule has 1 amide bonds. The van der Waals surface area contributed by atoms with Crippen molar-refractivity contribution in [3.05, 3.63) is 60.2 Å². The van der Waals surface area contributed by atoms with Crippen molar-refractivity contribution >= 4 is 35.8 Å². The van der Waals surface area contributed by atoms with E-state index in [1.165, 1.54) is 0 Å². The van der Waals surface area contributed by atoms with Crippen LogP contribution in [0.4, 0.5) is 0 Å². The molecule has 7 nitrogen and oxygen atoms in total. The van der Waals surface area contributed by atoms with Gasteiger partial charge in [-0.1, -0.05) is 30.3 Å². The Morgan fingerprint density at radius 1 is 1.03 bits per heavy atom. The van der Waals surface area contributed by atoms with Crippen molar-refractivity contribution in [2.75, 3.05) is 40.4 Å². The summed E-state index contributed by atoms with van der Waals surface area (Å²) in [7, 11) is 3.30. The number of hydrogen-bond donors (Lipinski definition) is 2. The van der Waals surface area contributed by atoms with Gasteiger partial charge < -0.3 is 25.0 Å². The van der Waals surface area contributed by atoms with Crippen LogP contribution in [0.15, 0.2) is 59.6 Å². The van der Waals surface area contributed by atoms with Crippen LogP contribution in [0, 0.1) is 0 Å². The fraction of sp³-hybridized carbons (Fsp3) is 0.364. The van der Waals surface area contributed by atoms with Gasteiger partial charge in [0.1, 0.15) is 18.1 Å². The molecule has 2 aromatic carbocycles. The summed E-state index contributed by atoms with van der Waals surface area (Å²) < 4.78 is 10.8. The number of guanidine groups is 1. The predicted molar refractivity (Wildman–Crippen MR) is 131 cm³/mol. The average Bonchev–Trinajstić information content (AvgIpc) is 2.77. The van der Waals surface area contributed by atoms with E-state index >= 15 is 0 Å². The zero-order valence-electron chi connectivity index (χ0n) is 17.8. The van der Waals surface area contributed by atoms with E-state index in [4.69, 9.17) is 9.47 Å². The van der Waals surface area contributed by atoms with E-state index in [9.17, 15) is 4.79 Å². The normalized spacial score (nSPS) is 10.6. The summed E-state index contributed by atoms with van der Waals surface area (Å²) in [6.07, 6.45) is 0. The number of carbonyl (C=O) groups excluding carboxylic acids is 1. The number of aliphatic imine (C=N–C) groups is 1. The first-order valence-electron chi connectivity index (χ1n) is 9.69. The van der Waals surface area contributed by atoms with Gasteiger partial charge in [-0.15, -0.1) is 24.0 Å². The van der Waals surface area contributed by atoms with Crippen molar-refractivity contribution in [2.24, 2.45) is 4.99 Å². The number of rotatable bonds is 10. The highest BCUT2D eigenvalue weighted by Gasteiger charge is 2.12. The Morgan fingerprint density at radius 3 is 2.30 bits per heavy atom. The van der Waals surface area contributed by atoms with Crippen LogP contribution in [0.25, 0.3) is 0 Å². The van der Waals surface area contributed by atoms with E-state index < -0.39 is 0 Å². The zero-order chi connectivity index (χ0) is 20.9. The van der Waals surface area contributed by atoms with Gasteiger partial charge in [-0.2, -0.15) is 0 Å². The number of methoxy groups -OCH3 is 1. The molecule has 0 aliphatic rings. The van der Waals surface area contributed by atoms with Gasteiger partial charge in [-0.05, 0) is 36.8 Å². The number of nitrogens with zero attached hydrogens (tertiary/aromatic N) is 2. The number of amides is 1. The van der Waals surface area contributed by atoms with Gasteiger partial charge in [0.15, 0.2) is 5.96 Å². The van der Waals surface area contributed by atoms with Gasteiger partial charge in [-0.3, -0.25) is 9.79 Å². The van der Waals surface area contributed by atoms with Crippen molar-refractivity contribution in [1.82, 2.24) is 15.5 Å². The molecule has 0 spiro atoms. The molecule has 8 heteroatoms. The molecule has 0 radical (unpaired) electrons. The first-order chi connectivity index (χ1) is 14.2. The average molecular weight is 526 g/mol. The van der Waals surface area contributed by atoms with Gasteiger partial charge in [-0.25, -0.2) is 0 Å². The quantitative estimate of drug-likeness (QED) is 0.216. The molecule has 0 heterocycles. The highest BCUT2D eigenvalue weighted by atomic mass is 127. The van der Waals surface area contributed by atoms with Crippen LogP contribution in [0.3, 0.4) is 0 Å². The topological polar surface area (TPSA) is 75.2 Å². The third-order valence-corrected chi connectivity index (χ3v) is 4.30. The van der Waals surface area contributed by atoms with Crippen LogP contribution in [-0.4, -0.2) is 57.2 Å². The second kappa shape index (κ2) is 14.5. The molecule has 2 N–H and O–H groups in total. The molecular formula is C22H31IN4O3. The summed E-state index contributed by atoms with van der Waals surface area (Å²) in [4.78, 5) is 18.5. The summed E-state index contributed by atoms with van der Waals surface area (Å²) in [6.45, 7) is 4.43. The molecule has 0 aromatic heterocycles. The molecule has 30 heavy (non-hydrogen) atoms. The number of halogens is 1. The summed E-state index contributed by atoms with van der Waals surface area (Å²) in [6, 6.07) is 17.4.